The van der Waals surface area contributed by atoms with Gasteiger partial charge in [0.05, 0.1) is 0 Å². The van der Waals surface area contributed by atoms with E-state index in [-0.39, 0.29) is 0 Å². The van der Waals surface area contributed by atoms with Crippen molar-refractivity contribution in [3.8, 4) is 5.88 Å². The summed E-state index contributed by atoms with van der Waals surface area (Å²) in [5, 5.41) is 0. The van der Waals surface area contributed by atoms with Gasteiger partial charge in [0.25, 0.3) is 0 Å². The third kappa shape index (κ3) is 3.05. The van der Waals surface area contributed by atoms with E-state index in [4.69, 9.17) is 4.74 Å². The van der Waals surface area contributed by atoms with E-state index < -0.39 is 0 Å². The van der Waals surface area contributed by atoms with Gasteiger partial charge in [-0.2, -0.15) is 0 Å². The van der Waals surface area contributed by atoms with Gasteiger partial charge in [-0.05, 0) is 25.8 Å². The molecule has 0 saturated heterocycles. The molecular formula is C11H17NO. The fraction of sp³-hybridized carbons (Fsp3) is 0.545. The molecule has 2 nitrogen and oxygen atoms in total. The lowest BCUT2D eigenvalue weighted by atomic mass is 10.3. The molecule has 0 aliphatic heterocycles. The van der Waals surface area contributed by atoms with Gasteiger partial charge in [-0.25, -0.2) is 4.98 Å². The van der Waals surface area contributed by atoms with Gasteiger partial charge in [-0.3, -0.25) is 0 Å². The quantitative estimate of drug-likeness (QED) is 0.696. The minimum absolute atomic E-state index is 0.448. The van der Waals surface area contributed by atoms with Gasteiger partial charge in [0, 0.05) is 11.8 Å². The maximum Gasteiger partial charge on any atom is 0.216 e. The summed E-state index contributed by atoms with van der Waals surface area (Å²) in [6, 6.07) is 3.94. The van der Waals surface area contributed by atoms with Crippen LogP contribution in [-0.2, 0) is 0 Å². The van der Waals surface area contributed by atoms with E-state index in [1.165, 1.54) is 12.8 Å². The van der Waals surface area contributed by atoms with Crippen LogP contribution in [0, 0.1) is 6.92 Å². The Morgan fingerprint density at radius 2 is 2.08 bits per heavy atom. The fourth-order valence-electron chi connectivity index (χ4n) is 0.938. The van der Waals surface area contributed by atoms with Crippen molar-refractivity contribution in [3.63, 3.8) is 0 Å². The molecule has 1 saturated carbocycles. The van der Waals surface area contributed by atoms with Crippen molar-refractivity contribution < 1.29 is 4.74 Å². The Hall–Kier alpha value is -1.05. The molecule has 13 heavy (non-hydrogen) atoms. The number of pyridine rings is 1. The van der Waals surface area contributed by atoms with Crippen molar-refractivity contribution in [3.05, 3.63) is 23.9 Å². The molecule has 1 aliphatic carbocycles. The standard InChI is InChI=1S/C9H11NO.C2H6/c1-7-3-2-6-10-9(7)11-8-4-5-8;1-2/h2-3,6,8H,4-5H2,1H3;1-2H3. The minimum atomic E-state index is 0.448. The first-order valence-corrected chi connectivity index (χ1v) is 4.94. The summed E-state index contributed by atoms with van der Waals surface area (Å²) in [7, 11) is 0. The van der Waals surface area contributed by atoms with E-state index in [1.807, 2.05) is 32.9 Å². The molecule has 1 aromatic heterocycles. The largest absolute Gasteiger partial charge is 0.474 e. The highest BCUT2D eigenvalue weighted by Crippen LogP contribution is 2.26. The molecule has 0 bridgehead atoms. The first-order chi connectivity index (χ1) is 6.36. The zero-order chi connectivity index (χ0) is 9.68. The normalized spacial score (nSPS) is 14.4. The summed E-state index contributed by atoms with van der Waals surface area (Å²) >= 11 is 0. The fourth-order valence-corrected chi connectivity index (χ4v) is 0.938. The van der Waals surface area contributed by atoms with Gasteiger partial charge < -0.3 is 4.74 Å². The van der Waals surface area contributed by atoms with Crippen molar-refractivity contribution >= 4 is 0 Å². The summed E-state index contributed by atoms with van der Waals surface area (Å²) in [6.07, 6.45) is 4.60. The zero-order valence-electron chi connectivity index (χ0n) is 8.58. The summed E-state index contributed by atoms with van der Waals surface area (Å²) in [5.74, 6) is 0.801. The maximum absolute atomic E-state index is 5.54. The molecule has 0 spiro atoms. The highest BCUT2D eigenvalue weighted by atomic mass is 16.5. The molecule has 1 fully saturated rings. The van der Waals surface area contributed by atoms with E-state index in [0.29, 0.717) is 6.10 Å². The number of hydrogen-bond donors (Lipinski definition) is 0. The predicted molar refractivity (Wildman–Crippen MR) is 54.0 cm³/mol. The van der Waals surface area contributed by atoms with Crippen LogP contribution in [0.3, 0.4) is 0 Å². The van der Waals surface area contributed by atoms with E-state index in [9.17, 15) is 0 Å². The Balaban J connectivity index is 0.000000396. The lowest BCUT2D eigenvalue weighted by molar-refractivity contribution is 0.289. The minimum Gasteiger partial charge on any atom is -0.474 e. The Kier molecular flexibility index (Phi) is 3.74. The van der Waals surface area contributed by atoms with Crippen LogP contribution in [0.4, 0.5) is 0 Å². The van der Waals surface area contributed by atoms with Crippen LogP contribution in [0.2, 0.25) is 0 Å². The first-order valence-electron chi connectivity index (χ1n) is 4.94. The molecule has 0 atom stereocenters. The molecule has 72 valence electrons. The molecule has 2 heteroatoms. The lowest BCUT2D eigenvalue weighted by Crippen LogP contribution is -1.99. The number of ether oxygens (including phenoxy) is 1. The second-order valence-corrected chi connectivity index (χ2v) is 2.94. The van der Waals surface area contributed by atoms with Crippen LogP contribution < -0.4 is 4.74 Å². The van der Waals surface area contributed by atoms with Gasteiger partial charge >= 0.3 is 0 Å². The number of aryl methyl sites for hydroxylation is 1. The van der Waals surface area contributed by atoms with Gasteiger partial charge in [0.2, 0.25) is 5.88 Å². The molecule has 0 radical (unpaired) electrons. The summed E-state index contributed by atoms with van der Waals surface area (Å²) < 4.78 is 5.54. The molecule has 1 aliphatic rings. The summed E-state index contributed by atoms with van der Waals surface area (Å²) in [4.78, 5) is 4.14. The van der Waals surface area contributed by atoms with Crippen LogP contribution >= 0.6 is 0 Å². The van der Waals surface area contributed by atoms with Crippen LogP contribution in [0.1, 0.15) is 32.3 Å². The van der Waals surface area contributed by atoms with Crippen LogP contribution in [0.5, 0.6) is 5.88 Å². The molecular weight excluding hydrogens is 162 g/mol. The Bertz CT molecular complexity index is 256. The van der Waals surface area contributed by atoms with Crippen LogP contribution in [0.25, 0.3) is 0 Å². The number of nitrogens with zero attached hydrogens (tertiary/aromatic N) is 1. The Labute approximate surface area is 80.0 Å². The molecule has 0 unspecified atom stereocenters. The van der Waals surface area contributed by atoms with E-state index in [1.54, 1.807) is 6.20 Å². The first kappa shape index (κ1) is 10.0. The highest BCUT2D eigenvalue weighted by molar-refractivity contribution is 5.23. The zero-order valence-corrected chi connectivity index (χ0v) is 8.58. The molecule has 0 aromatic carbocycles. The van der Waals surface area contributed by atoms with E-state index >= 15 is 0 Å². The molecule has 0 amide bonds. The van der Waals surface area contributed by atoms with Crippen LogP contribution in [-0.4, -0.2) is 11.1 Å². The van der Waals surface area contributed by atoms with Crippen molar-refractivity contribution in [2.45, 2.75) is 39.7 Å². The second-order valence-electron chi connectivity index (χ2n) is 2.94. The Morgan fingerprint density at radius 3 is 2.62 bits per heavy atom. The second kappa shape index (κ2) is 4.85. The SMILES string of the molecule is CC.Cc1cccnc1OC1CC1. The van der Waals surface area contributed by atoms with Gasteiger partial charge in [-0.15, -0.1) is 0 Å². The van der Waals surface area contributed by atoms with Crippen molar-refractivity contribution in [2.24, 2.45) is 0 Å². The van der Waals surface area contributed by atoms with Crippen molar-refractivity contribution in [2.75, 3.05) is 0 Å². The topological polar surface area (TPSA) is 22.1 Å². The predicted octanol–water partition coefficient (Wildman–Crippen LogP) is 2.96. The van der Waals surface area contributed by atoms with E-state index in [2.05, 4.69) is 4.98 Å². The maximum atomic E-state index is 5.54. The molecule has 1 heterocycles. The van der Waals surface area contributed by atoms with Crippen LogP contribution in [0.15, 0.2) is 18.3 Å². The van der Waals surface area contributed by atoms with Gasteiger partial charge in [-0.1, -0.05) is 19.9 Å². The molecule has 1 aromatic rings. The molecule has 0 N–H and O–H groups in total. The highest BCUT2D eigenvalue weighted by Gasteiger charge is 2.24. The average Bonchev–Trinajstić information content (AvgIpc) is 2.96. The average molecular weight is 179 g/mol. The summed E-state index contributed by atoms with van der Waals surface area (Å²) in [5.41, 5.74) is 1.12. The Morgan fingerprint density at radius 1 is 1.38 bits per heavy atom. The smallest absolute Gasteiger partial charge is 0.216 e. The number of rotatable bonds is 2. The third-order valence-corrected chi connectivity index (χ3v) is 1.76. The van der Waals surface area contributed by atoms with Crippen molar-refractivity contribution in [1.82, 2.24) is 4.98 Å². The van der Waals surface area contributed by atoms with Crippen molar-refractivity contribution in [1.29, 1.82) is 0 Å². The monoisotopic (exact) mass is 179 g/mol. The summed E-state index contributed by atoms with van der Waals surface area (Å²) in [6.45, 7) is 6.02. The third-order valence-electron chi connectivity index (χ3n) is 1.76. The lowest BCUT2D eigenvalue weighted by Gasteiger charge is -2.04. The number of aromatic nitrogens is 1. The van der Waals surface area contributed by atoms with E-state index in [0.717, 1.165) is 11.4 Å². The molecule has 2 rings (SSSR count). The van der Waals surface area contributed by atoms with Gasteiger partial charge in [0.1, 0.15) is 6.10 Å². The van der Waals surface area contributed by atoms with Gasteiger partial charge in [0.15, 0.2) is 0 Å². The number of hydrogen-bond acceptors (Lipinski definition) is 2.